The lowest BCUT2D eigenvalue weighted by atomic mass is 10.00. The Hall–Kier alpha value is -2.90. The minimum Gasteiger partial charge on any atom is -0.478 e. The van der Waals surface area contributed by atoms with Crippen LogP contribution < -0.4 is 0 Å². The fourth-order valence-electron chi connectivity index (χ4n) is 3.51. The summed E-state index contributed by atoms with van der Waals surface area (Å²) in [6.45, 7) is 4.79. The van der Waals surface area contributed by atoms with E-state index in [1.165, 1.54) is 0 Å². The average molecular weight is 367 g/mol. The maximum atomic E-state index is 11.4. The number of nitrogens with one attached hydrogen (secondary N) is 1. The summed E-state index contributed by atoms with van der Waals surface area (Å²) in [4.78, 5) is 13.7. The van der Waals surface area contributed by atoms with E-state index in [1.807, 2.05) is 31.2 Å². The Morgan fingerprint density at radius 2 is 2.15 bits per heavy atom. The van der Waals surface area contributed by atoms with Gasteiger partial charge < -0.3 is 14.3 Å². The van der Waals surface area contributed by atoms with Crippen LogP contribution in [0.5, 0.6) is 0 Å². The molecule has 3 heterocycles. The number of ether oxygens (including phenoxy) is 1. The number of hydrogen-bond donors (Lipinski definition) is 2. The number of rotatable bonds is 5. The van der Waals surface area contributed by atoms with Gasteiger partial charge in [-0.15, -0.1) is 0 Å². The molecule has 1 saturated heterocycles. The number of nitrogens with zero attached hydrogens (tertiary/aromatic N) is 2. The van der Waals surface area contributed by atoms with Gasteiger partial charge in [-0.1, -0.05) is 18.2 Å². The van der Waals surface area contributed by atoms with Crippen LogP contribution in [-0.2, 0) is 16.9 Å². The molecule has 0 bridgehead atoms. The fraction of sp³-hybridized carbons (Fsp3) is 0.300. The molecule has 3 aromatic rings. The summed E-state index contributed by atoms with van der Waals surface area (Å²) in [5.74, 6) is 0.388. The molecule has 7 heteroatoms. The molecule has 1 aliphatic rings. The summed E-state index contributed by atoms with van der Waals surface area (Å²) in [6.07, 6.45) is 1.72. The number of aromatic nitrogens is 2. The van der Waals surface area contributed by atoms with Crippen LogP contribution in [-0.4, -0.2) is 45.9 Å². The van der Waals surface area contributed by atoms with E-state index < -0.39 is 11.6 Å². The van der Waals surface area contributed by atoms with Gasteiger partial charge in [0, 0.05) is 24.8 Å². The van der Waals surface area contributed by atoms with E-state index >= 15 is 0 Å². The lowest BCUT2D eigenvalue weighted by molar-refractivity contribution is -0.108. The molecule has 1 aromatic carbocycles. The van der Waals surface area contributed by atoms with Gasteiger partial charge in [-0.3, -0.25) is 10.00 Å². The summed E-state index contributed by atoms with van der Waals surface area (Å²) in [6, 6.07) is 12.5. The van der Waals surface area contributed by atoms with Gasteiger partial charge in [0.1, 0.15) is 17.1 Å². The van der Waals surface area contributed by atoms with E-state index in [2.05, 4.69) is 15.1 Å². The monoisotopic (exact) mass is 367 g/mol. The molecular formula is C20H21N3O4. The molecule has 4 rings (SSSR count). The number of furan rings is 1. The molecule has 0 amide bonds. The van der Waals surface area contributed by atoms with Gasteiger partial charge in [-0.05, 0) is 31.2 Å². The van der Waals surface area contributed by atoms with Crippen molar-refractivity contribution in [1.29, 1.82) is 0 Å². The zero-order chi connectivity index (χ0) is 18.9. The highest BCUT2D eigenvalue weighted by atomic mass is 16.5. The molecule has 1 unspecified atom stereocenters. The van der Waals surface area contributed by atoms with Gasteiger partial charge >= 0.3 is 5.97 Å². The van der Waals surface area contributed by atoms with E-state index in [0.29, 0.717) is 31.0 Å². The summed E-state index contributed by atoms with van der Waals surface area (Å²) in [7, 11) is 0. The molecule has 0 radical (unpaired) electrons. The molecule has 140 valence electrons. The highest BCUT2D eigenvalue weighted by molar-refractivity contribution is 5.95. The second-order valence-corrected chi connectivity index (χ2v) is 6.88. The van der Waals surface area contributed by atoms with Gasteiger partial charge in [0.05, 0.1) is 24.4 Å². The van der Waals surface area contributed by atoms with Crippen LogP contribution in [0, 0.1) is 0 Å². The van der Waals surface area contributed by atoms with Crippen molar-refractivity contribution in [1.82, 2.24) is 15.1 Å². The quantitative estimate of drug-likeness (QED) is 0.720. The molecule has 2 aromatic heterocycles. The Labute approximate surface area is 156 Å². The number of hydrogen-bond acceptors (Lipinski definition) is 5. The van der Waals surface area contributed by atoms with Crippen molar-refractivity contribution in [3.63, 3.8) is 0 Å². The maximum absolute atomic E-state index is 11.4. The molecule has 7 nitrogen and oxygen atoms in total. The minimum atomic E-state index is -0.966. The third-order valence-electron chi connectivity index (χ3n) is 4.89. The van der Waals surface area contributed by atoms with Crippen LogP contribution in [0.1, 0.15) is 28.7 Å². The Bertz CT molecular complexity index is 934. The number of benzene rings is 1. The molecule has 2 N–H and O–H groups in total. The number of carbonyl (C=O) groups is 1. The van der Waals surface area contributed by atoms with Crippen molar-refractivity contribution >= 4 is 5.97 Å². The van der Waals surface area contributed by atoms with Gasteiger partial charge in [0.2, 0.25) is 0 Å². The van der Waals surface area contributed by atoms with Crippen LogP contribution in [0.3, 0.4) is 0 Å². The first-order chi connectivity index (χ1) is 13.0. The summed E-state index contributed by atoms with van der Waals surface area (Å²) in [5.41, 5.74) is 1.32. The normalized spacial score (nSPS) is 20.6. The van der Waals surface area contributed by atoms with Crippen LogP contribution >= 0.6 is 0 Å². The van der Waals surface area contributed by atoms with Crippen molar-refractivity contribution in [2.24, 2.45) is 0 Å². The smallest absolute Gasteiger partial charge is 0.336 e. The Morgan fingerprint density at radius 1 is 1.30 bits per heavy atom. The predicted molar refractivity (Wildman–Crippen MR) is 98.3 cm³/mol. The number of H-pyrrole nitrogens is 1. The van der Waals surface area contributed by atoms with Crippen LogP contribution in [0.15, 0.2) is 53.1 Å². The summed E-state index contributed by atoms with van der Waals surface area (Å²) >= 11 is 0. The van der Waals surface area contributed by atoms with Crippen molar-refractivity contribution in [3.8, 4) is 11.3 Å². The van der Waals surface area contributed by atoms with E-state index in [1.54, 1.807) is 24.4 Å². The van der Waals surface area contributed by atoms with E-state index in [4.69, 9.17) is 9.15 Å². The molecule has 0 spiro atoms. The molecule has 0 aliphatic carbocycles. The van der Waals surface area contributed by atoms with Crippen LogP contribution in [0.25, 0.3) is 11.3 Å². The predicted octanol–water partition coefficient (Wildman–Crippen LogP) is 3.12. The first kappa shape index (κ1) is 17.5. The highest BCUT2D eigenvalue weighted by Gasteiger charge is 2.35. The van der Waals surface area contributed by atoms with E-state index in [9.17, 15) is 9.90 Å². The fourth-order valence-corrected chi connectivity index (χ4v) is 3.51. The molecular weight excluding hydrogens is 346 g/mol. The molecule has 27 heavy (non-hydrogen) atoms. The minimum absolute atomic E-state index is 0.233. The molecule has 0 saturated carbocycles. The highest BCUT2D eigenvalue weighted by Crippen LogP contribution is 2.30. The average Bonchev–Trinajstić information content (AvgIpc) is 3.34. The Morgan fingerprint density at radius 3 is 2.93 bits per heavy atom. The number of aromatic carboxylic acids is 1. The van der Waals surface area contributed by atoms with Crippen LogP contribution in [0.4, 0.5) is 0 Å². The standard InChI is InChI=1S/C20H21N3O4/c1-20(18-8-9-21-22-18)13-23(10-11-26-20)12-14-6-7-17(27-14)15-4-2-3-5-16(15)19(24)25/h2-9H,10-13H2,1H3,(H,21,22)(H,24,25). The SMILES string of the molecule is CC1(c2ccn[nH]2)CN(Cc2ccc(-c3ccccc3C(=O)O)o2)CCO1. The second kappa shape index (κ2) is 7.02. The molecule has 1 fully saturated rings. The zero-order valence-corrected chi connectivity index (χ0v) is 15.0. The van der Waals surface area contributed by atoms with E-state index in [0.717, 1.165) is 18.0 Å². The topological polar surface area (TPSA) is 91.6 Å². The van der Waals surface area contributed by atoms with E-state index in [-0.39, 0.29) is 5.56 Å². The first-order valence-electron chi connectivity index (χ1n) is 8.83. The summed E-state index contributed by atoms with van der Waals surface area (Å²) < 4.78 is 11.9. The van der Waals surface area contributed by atoms with Gasteiger partial charge in [0.25, 0.3) is 0 Å². The second-order valence-electron chi connectivity index (χ2n) is 6.88. The first-order valence-corrected chi connectivity index (χ1v) is 8.83. The maximum Gasteiger partial charge on any atom is 0.336 e. The molecule has 1 aliphatic heterocycles. The third kappa shape index (κ3) is 3.51. The number of aromatic amines is 1. The van der Waals surface area contributed by atoms with Crippen molar-refractivity contribution in [2.45, 2.75) is 19.1 Å². The molecule has 1 atom stereocenters. The third-order valence-corrected chi connectivity index (χ3v) is 4.89. The van der Waals surface area contributed by atoms with Crippen molar-refractivity contribution in [3.05, 3.63) is 65.7 Å². The lowest BCUT2D eigenvalue weighted by Crippen LogP contribution is -2.47. The zero-order valence-electron chi connectivity index (χ0n) is 15.0. The lowest BCUT2D eigenvalue weighted by Gasteiger charge is -2.39. The van der Waals surface area contributed by atoms with Crippen molar-refractivity contribution in [2.75, 3.05) is 19.7 Å². The number of morpholine rings is 1. The number of carboxylic acids is 1. The Balaban J connectivity index is 1.51. The summed E-state index contributed by atoms with van der Waals surface area (Å²) in [5, 5.41) is 16.4. The van der Waals surface area contributed by atoms with Crippen molar-refractivity contribution < 1.29 is 19.1 Å². The largest absolute Gasteiger partial charge is 0.478 e. The number of carboxylic acid groups (broad SMARTS) is 1. The van der Waals surface area contributed by atoms with Gasteiger partial charge in [-0.2, -0.15) is 5.10 Å². The Kier molecular flexibility index (Phi) is 4.55. The van der Waals surface area contributed by atoms with Crippen LogP contribution in [0.2, 0.25) is 0 Å². The van der Waals surface area contributed by atoms with Gasteiger partial charge in [-0.25, -0.2) is 4.79 Å². The van der Waals surface area contributed by atoms with Gasteiger partial charge in [0.15, 0.2) is 0 Å².